The van der Waals surface area contributed by atoms with E-state index in [-0.39, 0.29) is 5.56 Å². The summed E-state index contributed by atoms with van der Waals surface area (Å²) in [6, 6.07) is 10.3. The molecule has 34 heavy (non-hydrogen) atoms. The van der Waals surface area contributed by atoms with Crippen molar-refractivity contribution in [1.82, 2.24) is 15.0 Å². The van der Waals surface area contributed by atoms with Crippen LogP contribution in [0.3, 0.4) is 0 Å². The highest BCUT2D eigenvalue weighted by Gasteiger charge is 2.25. The zero-order valence-corrected chi connectivity index (χ0v) is 20.3. The number of H-pyrrole nitrogens is 1. The number of halogens is 1. The van der Waals surface area contributed by atoms with Crippen LogP contribution in [0.15, 0.2) is 47.4 Å². The number of amides is 1. The fourth-order valence-electron chi connectivity index (χ4n) is 3.26. The van der Waals surface area contributed by atoms with E-state index < -0.39 is 11.3 Å². The summed E-state index contributed by atoms with van der Waals surface area (Å²) in [5, 5.41) is 0.424. The van der Waals surface area contributed by atoms with E-state index in [0.717, 1.165) is 12.0 Å². The molecule has 0 aliphatic rings. The Morgan fingerprint density at radius 2 is 1.94 bits per heavy atom. The van der Waals surface area contributed by atoms with E-state index in [2.05, 4.69) is 15.0 Å². The molecule has 180 valence electrons. The van der Waals surface area contributed by atoms with Gasteiger partial charge in [0.2, 0.25) is 11.8 Å². The summed E-state index contributed by atoms with van der Waals surface area (Å²) in [6.45, 7) is 7.20. The van der Waals surface area contributed by atoms with Gasteiger partial charge in [-0.15, -0.1) is 0 Å². The minimum Gasteiger partial charge on any atom is -0.475 e. The van der Waals surface area contributed by atoms with E-state index in [1.54, 1.807) is 38.2 Å². The van der Waals surface area contributed by atoms with Crippen molar-refractivity contribution < 1.29 is 14.3 Å². The van der Waals surface area contributed by atoms with Gasteiger partial charge in [-0.25, -0.2) is 9.97 Å². The summed E-state index contributed by atoms with van der Waals surface area (Å²) in [6.07, 6.45) is 2.98. The molecule has 9 heteroatoms. The Bertz CT molecular complexity index is 1190. The molecular weight excluding hydrogens is 456 g/mol. The number of hydrogen-bond donors (Lipinski definition) is 2. The smallest absolute Gasteiger partial charge is 0.251 e. The van der Waals surface area contributed by atoms with Crippen molar-refractivity contribution in [2.45, 2.75) is 33.6 Å². The molecular formula is C25H29ClN4O4. The van der Waals surface area contributed by atoms with Crippen LogP contribution in [0.2, 0.25) is 5.02 Å². The van der Waals surface area contributed by atoms with Crippen LogP contribution >= 0.6 is 11.6 Å². The number of carbonyl (C=O) groups is 1. The van der Waals surface area contributed by atoms with E-state index in [0.29, 0.717) is 59.8 Å². The van der Waals surface area contributed by atoms with Crippen LogP contribution < -0.4 is 16.0 Å². The first-order chi connectivity index (χ1) is 16.2. The fraction of sp³-hybridized carbons (Fsp3) is 0.360. The van der Waals surface area contributed by atoms with Gasteiger partial charge in [0.05, 0.1) is 17.3 Å². The largest absolute Gasteiger partial charge is 0.475 e. The average Bonchev–Trinajstić information content (AvgIpc) is 2.80. The predicted octanol–water partition coefficient (Wildman–Crippen LogP) is 4.01. The zero-order valence-electron chi connectivity index (χ0n) is 19.6. The number of aromatic amines is 1. The molecule has 1 amide bonds. The summed E-state index contributed by atoms with van der Waals surface area (Å²) in [4.78, 5) is 35.8. The highest BCUT2D eigenvalue weighted by Crippen LogP contribution is 2.30. The quantitative estimate of drug-likeness (QED) is 0.397. The Morgan fingerprint density at radius 1 is 1.15 bits per heavy atom. The summed E-state index contributed by atoms with van der Waals surface area (Å²) < 4.78 is 11.0. The lowest BCUT2D eigenvalue weighted by Crippen LogP contribution is -2.33. The lowest BCUT2D eigenvalue weighted by atomic mass is 9.85. The van der Waals surface area contributed by atoms with Crippen LogP contribution in [0, 0.1) is 5.41 Å². The standard InChI is InChI=1S/C25H29ClN4O4/c1-4-9-33-10-11-34-22-8-6-17(15-28-22)20-13-21(31)30-23(29-20)18-12-16(5-7-19(18)26)14-25(2,3)24(27)32/h5-8,12-13,15H,4,9-11,14H2,1-3H3,(H2,27,32)(H,29,30,31). The molecule has 1 aromatic carbocycles. The first kappa shape index (κ1) is 25.4. The first-order valence-corrected chi connectivity index (χ1v) is 11.4. The number of benzene rings is 1. The van der Waals surface area contributed by atoms with Crippen molar-refractivity contribution in [3.63, 3.8) is 0 Å². The van der Waals surface area contributed by atoms with Crippen molar-refractivity contribution in [3.05, 3.63) is 63.5 Å². The topological polar surface area (TPSA) is 120 Å². The van der Waals surface area contributed by atoms with E-state index in [1.807, 2.05) is 19.1 Å². The lowest BCUT2D eigenvalue weighted by molar-refractivity contribution is -0.125. The third kappa shape index (κ3) is 6.65. The average molecular weight is 485 g/mol. The van der Waals surface area contributed by atoms with Crippen molar-refractivity contribution in [2.24, 2.45) is 11.1 Å². The van der Waals surface area contributed by atoms with Gasteiger partial charge in [-0.1, -0.05) is 38.4 Å². The van der Waals surface area contributed by atoms with E-state index >= 15 is 0 Å². The van der Waals surface area contributed by atoms with E-state index in [4.69, 9.17) is 26.8 Å². The molecule has 3 N–H and O–H groups in total. The second kappa shape index (κ2) is 11.3. The minimum atomic E-state index is -0.731. The number of primary amides is 1. The highest BCUT2D eigenvalue weighted by atomic mass is 35.5. The lowest BCUT2D eigenvalue weighted by Gasteiger charge is -2.20. The Kier molecular flexibility index (Phi) is 8.41. The Hall–Kier alpha value is -3.23. The minimum absolute atomic E-state index is 0.319. The highest BCUT2D eigenvalue weighted by molar-refractivity contribution is 6.33. The number of nitrogens with one attached hydrogen (secondary N) is 1. The maximum atomic E-state index is 12.4. The zero-order chi connectivity index (χ0) is 24.7. The van der Waals surface area contributed by atoms with Gasteiger partial charge in [-0.05, 0) is 36.6 Å². The second-order valence-corrected chi connectivity index (χ2v) is 8.97. The molecule has 0 bridgehead atoms. The molecule has 0 spiro atoms. The van der Waals surface area contributed by atoms with Gasteiger partial charge in [-0.3, -0.25) is 9.59 Å². The van der Waals surface area contributed by atoms with Gasteiger partial charge in [0.1, 0.15) is 12.4 Å². The molecule has 0 atom stereocenters. The van der Waals surface area contributed by atoms with Crippen molar-refractivity contribution in [3.8, 4) is 28.5 Å². The van der Waals surface area contributed by atoms with E-state index in [9.17, 15) is 9.59 Å². The number of pyridine rings is 1. The number of ether oxygens (including phenoxy) is 2. The maximum absolute atomic E-state index is 12.4. The molecule has 8 nitrogen and oxygen atoms in total. The summed E-state index contributed by atoms with van der Waals surface area (Å²) in [7, 11) is 0. The number of aromatic nitrogens is 3. The van der Waals surface area contributed by atoms with Crippen molar-refractivity contribution >= 4 is 17.5 Å². The summed E-state index contributed by atoms with van der Waals surface area (Å²) >= 11 is 6.42. The van der Waals surface area contributed by atoms with Gasteiger partial charge >= 0.3 is 0 Å². The SMILES string of the molecule is CCCOCCOc1ccc(-c2cc(=O)[nH]c(-c3cc(CC(C)(C)C(N)=O)ccc3Cl)n2)cn1. The predicted molar refractivity (Wildman–Crippen MR) is 132 cm³/mol. The third-order valence-electron chi connectivity index (χ3n) is 5.20. The molecule has 2 aromatic heterocycles. The number of rotatable bonds is 11. The van der Waals surface area contributed by atoms with Crippen LogP contribution in [-0.2, 0) is 16.0 Å². The summed E-state index contributed by atoms with van der Waals surface area (Å²) in [5.74, 6) is 0.382. The molecule has 0 saturated carbocycles. The molecule has 0 fully saturated rings. The number of nitrogens with two attached hydrogens (primary N) is 1. The Labute approximate surface area is 203 Å². The number of nitrogens with zero attached hydrogens (tertiary/aromatic N) is 2. The second-order valence-electron chi connectivity index (χ2n) is 8.56. The number of carbonyl (C=O) groups excluding carboxylic acids is 1. The molecule has 0 saturated heterocycles. The molecule has 0 aliphatic heterocycles. The van der Waals surface area contributed by atoms with Crippen LogP contribution in [-0.4, -0.2) is 40.7 Å². The Balaban J connectivity index is 1.84. The van der Waals surface area contributed by atoms with Crippen LogP contribution in [0.25, 0.3) is 22.6 Å². The van der Waals surface area contributed by atoms with Gasteiger partial charge in [0, 0.05) is 41.5 Å². The molecule has 0 radical (unpaired) electrons. The molecule has 3 rings (SSSR count). The van der Waals surface area contributed by atoms with Crippen LogP contribution in [0.1, 0.15) is 32.8 Å². The van der Waals surface area contributed by atoms with Crippen molar-refractivity contribution in [1.29, 1.82) is 0 Å². The molecule has 0 aliphatic carbocycles. The van der Waals surface area contributed by atoms with Gasteiger partial charge in [0.15, 0.2) is 0 Å². The summed E-state index contributed by atoms with van der Waals surface area (Å²) in [5.41, 5.74) is 6.96. The first-order valence-electron chi connectivity index (χ1n) is 11.1. The van der Waals surface area contributed by atoms with E-state index in [1.165, 1.54) is 6.07 Å². The van der Waals surface area contributed by atoms with Gasteiger partial charge in [-0.2, -0.15) is 0 Å². The maximum Gasteiger partial charge on any atom is 0.251 e. The Morgan fingerprint density at radius 3 is 2.62 bits per heavy atom. The monoisotopic (exact) mass is 484 g/mol. The third-order valence-corrected chi connectivity index (χ3v) is 5.53. The normalized spacial score (nSPS) is 11.4. The van der Waals surface area contributed by atoms with Crippen LogP contribution in [0.5, 0.6) is 5.88 Å². The van der Waals surface area contributed by atoms with Crippen LogP contribution in [0.4, 0.5) is 0 Å². The number of hydrogen-bond acceptors (Lipinski definition) is 6. The molecule has 2 heterocycles. The fourth-order valence-corrected chi connectivity index (χ4v) is 3.47. The molecule has 3 aromatic rings. The van der Waals surface area contributed by atoms with Crippen molar-refractivity contribution in [2.75, 3.05) is 19.8 Å². The van der Waals surface area contributed by atoms with Gasteiger partial charge in [0.25, 0.3) is 5.56 Å². The molecule has 0 unspecified atom stereocenters. The van der Waals surface area contributed by atoms with Gasteiger partial charge < -0.3 is 20.2 Å².